The van der Waals surface area contributed by atoms with Crippen molar-refractivity contribution in [2.24, 2.45) is 0 Å². The number of ether oxygens (including phenoxy) is 1. The third kappa shape index (κ3) is 11.0. The minimum Gasteiger partial charge on any atom is -0.463 e. The van der Waals surface area contributed by atoms with E-state index >= 15 is 0 Å². The molecule has 1 aromatic carbocycles. The number of rotatable bonds is 13. The first-order valence-corrected chi connectivity index (χ1v) is 9.64. The van der Waals surface area contributed by atoms with Crippen LogP contribution in [-0.4, -0.2) is 12.6 Å². The molecule has 0 spiro atoms. The molecule has 0 heterocycles. The van der Waals surface area contributed by atoms with Crippen LogP contribution in [0.4, 0.5) is 0 Å². The van der Waals surface area contributed by atoms with Crippen molar-refractivity contribution in [3.05, 3.63) is 41.5 Å². The minimum atomic E-state index is -0.244. The fourth-order valence-electron chi connectivity index (χ4n) is 2.65. The highest BCUT2D eigenvalue weighted by Crippen LogP contribution is 2.10. The summed E-state index contributed by atoms with van der Waals surface area (Å²) < 4.78 is 5.23. The quantitative estimate of drug-likeness (QED) is 0.235. The Morgan fingerprint density at radius 3 is 2.00 bits per heavy atom. The summed E-state index contributed by atoms with van der Waals surface area (Å²) >= 11 is 0. The molecule has 0 aromatic heterocycles. The molecule has 0 aliphatic heterocycles. The van der Waals surface area contributed by atoms with E-state index in [-0.39, 0.29) is 5.97 Å². The van der Waals surface area contributed by atoms with Crippen LogP contribution in [-0.2, 0) is 9.53 Å². The fourth-order valence-corrected chi connectivity index (χ4v) is 2.65. The highest BCUT2D eigenvalue weighted by atomic mass is 16.5. The van der Waals surface area contributed by atoms with Gasteiger partial charge in [0.2, 0.25) is 0 Å². The maximum absolute atomic E-state index is 11.6. The monoisotopic (exact) mass is 330 g/mol. The molecule has 134 valence electrons. The molecule has 0 radical (unpaired) electrons. The lowest BCUT2D eigenvalue weighted by Crippen LogP contribution is -2.02. The number of carbonyl (C=O) groups is 1. The SMILES string of the molecule is CCCCCCCCCCCCOC(=O)C=Cc1ccc(C)cc1. The summed E-state index contributed by atoms with van der Waals surface area (Å²) in [6.07, 6.45) is 16.2. The lowest BCUT2D eigenvalue weighted by atomic mass is 10.1. The number of carbonyl (C=O) groups excluding carboxylic acids is 1. The molecule has 0 aliphatic carbocycles. The van der Waals surface area contributed by atoms with Gasteiger partial charge in [-0.2, -0.15) is 0 Å². The first-order valence-electron chi connectivity index (χ1n) is 9.64. The minimum absolute atomic E-state index is 0.244. The Kier molecular flexibility index (Phi) is 11.8. The Labute approximate surface area is 148 Å². The second kappa shape index (κ2) is 13.8. The van der Waals surface area contributed by atoms with Crippen molar-refractivity contribution in [1.82, 2.24) is 0 Å². The number of hydrogen-bond donors (Lipinski definition) is 0. The average molecular weight is 331 g/mol. The van der Waals surface area contributed by atoms with E-state index in [2.05, 4.69) is 6.92 Å². The summed E-state index contributed by atoms with van der Waals surface area (Å²) in [6, 6.07) is 8.08. The zero-order chi connectivity index (χ0) is 17.5. The van der Waals surface area contributed by atoms with Gasteiger partial charge < -0.3 is 4.74 Å². The van der Waals surface area contributed by atoms with Crippen molar-refractivity contribution in [3.8, 4) is 0 Å². The van der Waals surface area contributed by atoms with Gasteiger partial charge in [-0.25, -0.2) is 4.79 Å². The lowest BCUT2D eigenvalue weighted by Gasteiger charge is -2.03. The van der Waals surface area contributed by atoms with E-state index in [9.17, 15) is 4.79 Å². The molecule has 2 heteroatoms. The summed E-state index contributed by atoms with van der Waals surface area (Å²) in [4.78, 5) is 11.6. The number of aryl methyl sites for hydroxylation is 1. The van der Waals surface area contributed by atoms with Crippen LogP contribution < -0.4 is 0 Å². The van der Waals surface area contributed by atoms with Crippen LogP contribution in [0.15, 0.2) is 30.3 Å². The third-order valence-corrected chi connectivity index (χ3v) is 4.23. The largest absolute Gasteiger partial charge is 0.463 e. The van der Waals surface area contributed by atoms with E-state index < -0.39 is 0 Å². The van der Waals surface area contributed by atoms with E-state index in [1.54, 1.807) is 6.08 Å². The van der Waals surface area contributed by atoms with E-state index in [4.69, 9.17) is 4.74 Å². The summed E-state index contributed by atoms with van der Waals surface area (Å²) in [6.45, 7) is 4.84. The average Bonchev–Trinajstić information content (AvgIpc) is 2.59. The molecule has 0 bridgehead atoms. The first-order chi connectivity index (χ1) is 11.7. The van der Waals surface area contributed by atoms with Crippen molar-refractivity contribution in [1.29, 1.82) is 0 Å². The molecule has 0 unspecified atom stereocenters. The molecule has 24 heavy (non-hydrogen) atoms. The molecule has 0 saturated heterocycles. The van der Waals surface area contributed by atoms with Crippen LogP contribution in [0.1, 0.15) is 82.3 Å². The number of unbranched alkanes of at least 4 members (excludes halogenated alkanes) is 9. The molecule has 0 fully saturated rings. The van der Waals surface area contributed by atoms with Gasteiger partial charge in [-0.1, -0.05) is 94.5 Å². The van der Waals surface area contributed by atoms with Crippen molar-refractivity contribution >= 4 is 12.0 Å². The summed E-state index contributed by atoms with van der Waals surface area (Å²) in [5.41, 5.74) is 2.24. The molecule has 1 rings (SSSR count). The normalized spacial score (nSPS) is 11.1. The Hall–Kier alpha value is -1.57. The maximum atomic E-state index is 11.6. The zero-order valence-electron chi connectivity index (χ0n) is 15.6. The fraction of sp³-hybridized carbons (Fsp3) is 0.591. The Morgan fingerprint density at radius 1 is 0.875 bits per heavy atom. The Balaban J connectivity index is 1.95. The number of benzene rings is 1. The van der Waals surface area contributed by atoms with Crippen molar-refractivity contribution in [3.63, 3.8) is 0 Å². The van der Waals surface area contributed by atoms with Crippen molar-refractivity contribution in [2.45, 2.75) is 78.1 Å². The second-order valence-corrected chi connectivity index (χ2v) is 6.59. The van der Waals surface area contributed by atoms with Crippen LogP contribution in [0.2, 0.25) is 0 Å². The van der Waals surface area contributed by atoms with Crippen LogP contribution in [0.5, 0.6) is 0 Å². The standard InChI is InChI=1S/C22H34O2/c1-3-4-5-6-7-8-9-10-11-12-19-24-22(23)18-17-21-15-13-20(2)14-16-21/h13-18H,3-12,19H2,1-2H3. The second-order valence-electron chi connectivity index (χ2n) is 6.59. The van der Waals surface area contributed by atoms with E-state index in [0.29, 0.717) is 6.61 Å². The van der Waals surface area contributed by atoms with Gasteiger partial charge in [0.15, 0.2) is 0 Å². The van der Waals surface area contributed by atoms with Crippen LogP contribution in [0.25, 0.3) is 6.08 Å². The molecule has 2 nitrogen and oxygen atoms in total. The first kappa shape index (κ1) is 20.5. The molecule has 0 aliphatic rings. The van der Waals surface area contributed by atoms with Crippen LogP contribution in [0.3, 0.4) is 0 Å². The van der Waals surface area contributed by atoms with Gasteiger partial charge >= 0.3 is 5.97 Å². The molecule has 0 amide bonds. The highest BCUT2D eigenvalue weighted by molar-refractivity contribution is 5.87. The van der Waals surface area contributed by atoms with E-state index in [1.165, 1.54) is 63.0 Å². The molecule has 0 N–H and O–H groups in total. The zero-order valence-corrected chi connectivity index (χ0v) is 15.6. The van der Waals surface area contributed by atoms with Gasteiger partial charge in [-0.15, -0.1) is 0 Å². The van der Waals surface area contributed by atoms with Gasteiger partial charge in [-0.05, 0) is 25.0 Å². The predicted octanol–water partition coefficient (Wildman–Crippen LogP) is 6.47. The number of esters is 1. The molecule has 1 aromatic rings. The lowest BCUT2D eigenvalue weighted by molar-refractivity contribution is -0.137. The molecule has 0 atom stereocenters. The molecular weight excluding hydrogens is 296 g/mol. The Bertz CT molecular complexity index is 459. The van der Waals surface area contributed by atoms with Crippen LogP contribution >= 0.6 is 0 Å². The van der Waals surface area contributed by atoms with Crippen molar-refractivity contribution in [2.75, 3.05) is 6.61 Å². The summed E-state index contributed by atoms with van der Waals surface area (Å²) in [5, 5.41) is 0. The van der Waals surface area contributed by atoms with Crippen LogP contribution in [0, 0.1) is 6.92 Å². The van der Waals surface area contributed by atoms with Gasteiger partial charge in [-0.3, -0.25) is 0 Å². The topological polar surface area (TPSA) is 26.3 Å². The molecule has 0 saturated carbocycles. The van der Waals surface area contributed by atoms with Gasteiger partial charge in [0, 0.05) is 6.08 Å². The molecular formula is C22H34O2. The summed E-state index contributed by atoms with van der Waals surface area (Å²) in [7, 11) is 0. The van der Waals surface area contributed by atoms with Gasteiger partial charge in [0.05, 0.1) is 6.61 Å². The number of hydrogen-bond acceptors (Lipinski definition) is 2. The summed E-state index contributed by atoms with van der Waals surface area (Å²) in [5.74, 6) is -0.244. The highest BCUT2D eigenvalue weighted by Gasteiger charge is 1.98. The smallest absolute Gasteiger partial charge is 0.330 e. The van der Waals surface area contributed by atoms with E-state index in [1.807, 2.05) is 31.2 Å². The predicted molar refractivity (Wildman–Crippen MR) is 103 cm³/mol. The Morgan fingerprint density at radius 2 is 1.42 bits per heavy atom. The van der Waals surface area contributed by atoms with E-state index in [0.717, 1.165) is 18.4 Å². The maximum Gasteiger partial charge on any atom is 0.330 e. The van der Waals surface area contributed by atoms with Crippen molar-refractivity contribution < 1.29 is 9.53 Å². The third-order valence-electron chi connectivity index (χ3n) is 4.23. The van der Waals surface area contributed by atoms with Gasteiger partial charge in [0.25, 0.3) is 0 Å². The van der Waals surface area contributed by atoms with Gasteiger partial charge in [0.1, 0.15) is 0 Å².